The third-order valence-electron chi connectivity index (χ3n) is 3.11. The largest absolute Gasteiger partial charge is 0.496 e. The van der Waals surface area contributed by atoms with Crippen LogP contribution in [0.1, 0.15) is 30.9 Å². The maximum atomic E-state index is 12.3. The number of hydrogen-bond acceptors (Lipinski definition) is 4. The highest BCUT2D eigenvalue weighted by Crippen LogP contribution is 2.31. The summed E-state index contributed by atoms with van der Waals surface area (Å²) in [6, 6.07) is 3.49. The summed E-state index contributed by atoms with van der Waals surface area (Å²) in [7, 11) is -0.111. The van der Waals surface area contributed by atoms with Gasteiger partial charge in [0.15, 0.2) is 0 Å². The Labute approximate surface area is 121 Å². The van der Waals surface area contributed by atoms with Gasteiger partial charge in [0.05, 0.1) is 12.0 Å². The molecule has 0 aliphatic rings. The number of sulfonamides is 1. The summed E-state index contributed by atoms with van der Waals surface area (Å²) in [5.41, 5.74) is 1.58. The molecule has 1 aromatic carbocycles. The normalized spacial score (nSPS) is 11.9. The van der Waals surface area contributed by atoms with E-state index < -0.39 is 10.0 Å². The van der Waals surface area contributed by atoms with Crippen molar-refractivity contribution in [1.29, 1.82) is 0 Å². The van der Waals surface area contributed by atoms with E-state index in [1.54, 1.807) is 33.2 Å². The molecule has 0 aliphatic carbocycles. The number of nitrogens with one attached hydrogen (secondary N) is 2. The molecule has 1 rings (SSSR count). The van der Waals surface area contributed by atoms with Gasteiger partial charge in [0.2, 0.25) is 10.0 Å². The van der Waals surface area contributed by atoms with Gasteiger partial charge in [-0.2, -0.15) is 0 Å². The molecule has 2 N–H and O–H groups in total. The molecule has 0 aromatic heterocycles. The van der Waals surface area contributed by atoms with E-state index in [9.17, 15) is 8.42 Å². The van der Waals surface area contributed by atoms with Gasteiger partial charge in [-0.1, -0.05) is 13.8 Å². The smallest absolute Gasteiger partial charge is 0.240 e. The Morgan fingerprint density at radius 2 is 1.90 bits per heavy atom. The van der Waals surface area contributed by atoms with E-state index in [0.29, 0.717) is 23.5 Å². The second-order valence-electron chi connectivity index (χ2n) is 5.02. The third kappa shape index (κ3) is 3.94. The van der Waals surface area contributed by atoms with Gasteiger partial charge < -0.3 is 10.1 Å². The first-order valence-electron chi connectivity index (χ1n) is 6.66. The molecule has 20 heavy (non-hydrogen) atoms. The van der Waals surface area contributed by atoms with Crippen molar-refractivity contribution in [2.45, 2.75) is 31.6 Å². The Morgan fingerprint density at radius 1 is 1.25 bits per heavy atom. The van der Waals surface area contributed by atoms with Crippen LogP contribution in [0.15, 0.2) is 17.0 Å². The van der Waals surface area contributed by atoms with E-state index in [0.717, 1.165) is 11.3 Å². The van der Waals surface area contributed by atoms with Crippen LogP contribution in [0.3, 0.4) is 0 Å². The third-order valence-corrected chi connectivity index (χ3v) is 4.71. The molecular formula is C14H24N2O3S. The van der Waals surface area contributed by atoms with E-state index in [1.165, 1.54) is 0 Å². The van der Waals surface area contributed by atoms with E-state index in [2.05, 4.69) is 10.0 Å². The van der Waals surface area contributed by atoms with Gasteiger partial charge in [-0.25, -0.2) is 13.1 Å². The molecule has 0 amide bonds. The molecule has 0 radical (unpaired) electrons. The van der Waals surface area contributed by atoms with Crippen LogP contribution in [-0.2, 0) is 10.0 Å². The standard InChI is InChI=1S/C14H24N2O3S/c1-10(2)12-9-14(11(3)8-13(12)19-5)20(17,18)16-7-6-15-4/h8-10,15-16H,6-7H2,1-5H3. The zero-order valence-electron chi connectivity index (χ0n) is 12.8. The van der Waals surface area contributed by atoms with E-state index in [-0.39, 0.29) is 5.92 Å². The van der Waals surface area contributed by atoms with E-state index in [1.807, 2.05) is 13.8 Å². The summed E-state index contributed by atoms with van der Waals surface area (Å²) in [4.78, 5) is 0.318. The number of hydrogen-bond donors (Lipinski definition) is 2. The van der Waals surface area contributed by atoms with Crippen LogP contribution < -0.4 is 14.8 Å². The fraction of sp³-hybridized carbons (Fsp3) is 0.571. The van der Waals surface area contributed by atoms with Crippen molar-refractivity contribution in [3.63, 3.8) is 0 Å². The first-order chi connectivity index (χ1) is 9.33. The molecule has 114 valence electrons. The quantitative estimate of drug-likeness (QED) is 0.751. The molecular weight excluding hydrogens is 276 g/mol. The molecule has 0 heterocycles. The number of methoxy groups -OCH3 is 1. The van der Waals surface area contributed by atoms with Gasteiger partial charge in [0.1, 0.15) is 5.75 Å². The topological polar surface area (TPSA) is 67.4 Å². The number of likely N-dealkylation sites (N-methyl/N-ethyl adjacent to an activating group) is 1. The summed E-state index contributed by atoms with van der Waals surface area (Å²) >= 11 is 0. The van der Waals surface area contributed by atoms with Crippen molar-refractivity contribution in [3.8, 4) is 5.75 Å². The summed E-state index contributed by atoms with van der Waals surface area (Å²) in [6.45, 7) is 6.75. The highest BCUT2D eigenvalue weighted by Gasteiger charge is 2.20. The fourth-order valence-electron chi connectivity index (χ4n) is 1.98. The predicted octanol–water partition coefficient (Wildman–Crippen LogP) is 1.62. The molecule has 1 aromatic rings. The average Bonchev–Trinajstić information content (AvgIpc) is 2.37. The van der Waals surface area contributed by atoms with Crippen LogP contribution in [0, 0.1) is 6.92 Å². The lowest BCUT2D eigenvalue weighted by Crippen LogP contribution is -2.31. The van der Waals surface area contributed by atoms with Crippen LogP contribution in [-0.4, -0.2) is 35.7 Å². The molecule has 0 atom stereocenters. The lowest BCUT2D eigenvalue weighted by molar-refractivity contribution is 0.406. The molecule has 6 heteroatoms. The first kappa shape index (κ1) is 16.9. The maximum Gasteiger partial charge on any atom is 0.240 e. The SMILES string of the molecule is CNCCNS(=O)(=O)c1cc(C(C)C)c(OC)cc1C. The van der Waals surface area contributed by atoms with Crippen LogP contribution in [0.4, 0.5) is 0 Å². The number of benzene rings is 1. The lowest BCUT2D eigenvalue weighted by Gasteiger charge is -2.16. The minimum absolute atomic E-state index is 0.191. The number of rotatable bonds is 7. The lowest BCUT2D eigenvalue weighted by atomic mass is 10.0. The van der Waals surface area contributed by atoms with E-state index >= 15 is 0 Å². The monoisotopic (exact) mass is 300 g/mol. The average molecular weight is 300 g/mol. The molecule has 0 saturated heterocycles. The van der Waals surface area contributed by atoms with Crippen molar-refractivity contribution < 1.29 is 13.2 Å². The number of ether oxygens (including phenoxy) is 1. The summed E-state index contributed by atoms with van der Waals surface area (Å²) in [5.74, 6) is 0.920. The summed E-state index contributed by atoms with van der Waals surface area (Å²) < 4.78 is 32.6. The Balaban J connectivity index is 3.21. The number of aryl methyl sites for hydroxylation is 1. The zero-order valence-corrected chi connectivity index (χ0v) is 13.6. The molecule has 0 spiro atoms. The fourth-order valence-corrected chi connectivity index (χ4v) is 3.27. The second-order valence-corrected chi connectivity index (χ2v) is 6.75. The van der Waals surface area contributed by atoms with Crippen molar-refractivity contribution in [1.82, 2.24) is 10.0 Å². The van der Waals surface area contributed by atoms with Gasteiger partial charge in [-0.05, 0) is 43.1 Å². The van der Waals surface area contributed by atoms with Crippen molar-refractivity contribution in [2.24, 2.45) is 0 Å². The summed E-state index contributed by atoms with van der Waals surface area (Å²) in [6.07, 6.45) is 0. The van der Waals surface area contributed by atoms with Crippen molar-refractivity contribution in [2.75, 3.05) is 27.2 Å². The van der Waals surface area contributed by atoms with Gasteiger partial charge in [0, 0.05) is 13.1 Å². The van der Waals surface area contributed by atoms with Crippen LogP contribution in [0.25, 0.3) is 0 Å². The van der Waals surface area contributed by atoms with Gasteiger partial charge in [0.25, 0.3) is 0 Å². The second kappa shape index (κ2) is 7.06. The molecule has 0 saturated carbocycles. The molecule has 0 bridgehead atoms. The highest BCUT2D eigenvalue weighted by molar-refractivity contribution is 7.89. The molecule has 5 nitrogen and oxygen atoms in total. The van der Waals surface area contributed by atoms with E-state index in [4.69, 9.17) is 4.74 Å². The predicted molar refractivity (Wildman–Crippen MR) is 80.9 cm³/mol. The molecule has 0 fully saturated rings. The van der Waals surface area contributed by atoms with Gasteiger partial charge in [-0.15, -0.1) is 0 Å². The summed E-state index contributed by atoms with van der Waals surface area (Å²) in [5, 5.41) is 2.91. The minimum atomic E-state index is -3.49. The Bertz CT molecular complexity index is 554. The van der Waals surface area contributed by atoms with Crippen LogP contribution in [0.5, 0.6) is 5.75 Å². The Morgan fingerprint density at radius 3 is 2.40 bits per heavy atom. The zero-order chi connectivity index (χ0) is 15.3. The Kier molecular flexibility index (Phi) is 5.98. The molecule has 0 aliphatic heterocycles. The highest BCUT2D eigenvalue weighted by atomic mass is 32.2. The maximum absolute atomic E-state index is 12.3. The minimum Gasteiger partial charge on any atom is -0.496 e. The van der Waals surface area contributed by atoms with Crippen LogP contribution >= 0.6 is 0 Å². The van der Waals surface area contributed by atoms with Crippen molar-refractivity contribution in [3.05, 3.63) is 23.3 Å². The first-order valence-corrected chi connectivity index (χ1v) is 8.14. The van der Waals surface area contributed by atoms with Gasteiger partial charge >= 0.3 is 0 Å². The Hall–Kier alpha value is -1.11. The molecule has 0 unspecified atom stereocenters. The van der Waals surface area contributed by atoms with Crippen molar-refractivity contribution >= 4 is 10.0 Å². The van der Waals surface area contributed by atoms with Gasteiger partial charge in [-0.3, -0.25) is 0 Å². The van der Waals surface area contributed by atoms with Crippen LogP contribution in [0.2, 0.25) is 0 Å².